The van der Waals surface area contributed by atoms with E-state index in [1.165, 1.54) is 5.56 Å². The molecule has 3 heterocycles. The Morgan fingerprint density at radius 3 is 2.70 bits per heavy atom. The molecular weight excluding hydrogens is 378 g/mol. The molecule has 1 aromatic carbocycles. The van der Waals surface area contributed by atoms with Crippen LogP contribution in [0.1, 0.15) is 28.8 Å². The highest BCUT2D eigenvalue weighted by molar-refractivity contribution is 6.10. The van der Waals surface area contributed by atoms with E-state index in [0.29, 0.717) is 13.2 Å². The lowest BCUT2D eigenvalue weighted by Gasteiger charge is -2.19. The standard InChI is InChI=1S/C24H25N3O3/c28-23(26-21-15-30-14-18(21)11-16-7-9-25-10-8-16)13-27-12-20(24(29)17-5-6-17)19-3-1-2-4-22(19)27/h1-4,7-10,12,17-18,21H,5-6,11,13-15H2,(H,26,28)/t18-,21-/m1/s1. The minimum atomic E-state index is -0.0589. The largest absolute Gasteiger partial charge is 0.379 e. The lowest BCUT2D eigenvalue weighted by molar-refractivity contribution is -0.122. The normalized spacial score (nSPS) is 21.1. The summed E-state index contributed by atoms with van der Waals surface area (Å²) in [6, 6.07) is 11.8. The van der Waals surface area contributed by atoms with Gasteiger partial charge in [-0.15, -0.1) is 0 Å². The van der Waals surface area contributed by atoms with E-state index >= 15 is 0 Å². The Labute approximate surface area is 175 Å². The van der Waals surface area contributed by atoms with E-state index < -0.39 is 0 Å². The molecule has 6 nitrogen and oxygen atoms in total. The van der Waals surface area contributed by atoms with Crippen molar-refractivity contribution in [1.29, 1.82) is 0 Å². The Morgan fingerprint density at radius 2 is 1.90 bits per heavy atom. The van der Waals surface area contributed by atoms with Gasteiger partial charge in [0.2, 0.25) is 5.91 Å². The number of benzene rings is 1. The van der Waals surface area contributed by atoms with E-state index in [2.05, 4.69) is 10.3 Å². The van der Waals surface area contributed by atoms with Crippen molar-refractivity contribution < 1.29 is 14.3 Å². The third-order valence-corrected chi connectivity index (χ3v) is 6.11. The van der Waals surface area contributed by atoms with Crippen LogP contribution in [-0.4, -0.2) is 40.5 Å². The fourth-order valence-electron chi connectivity index (χ4n) is 4.33. The molecule has 0 unspecified atom stereocenters. The highest BCUT2D eigenvalue weighted by atomic mass is 16.5. The number of amides is 1. The Kier molecular flexibility index (Phi) is 5.09. The fraction of sp³-hybridized carbons (Fsp3) is 0.375. The number of para-hydroxylation sites is 1. The van der Waals surface area contributed by atoms with Crippen LogP contribution in [0.15, 0.2) is 55.0 Å². The van der Waals surface area contributed by atoms with E-state index in [9.17, 15) is 9.59 Å². The van der Waals surface area contributed by atoms with Gasteiger partial charge in [0.05, 0.1) is 19.3 Å². The molecule has 2 aliphatic rings. The number of nitrogens with zero attached hydrogens (tertiary/aromatic N) is 2. The Bertz CT molecular complexity index is 1070. The van der Waals surface area contributed by atoms with Crippen LogP contribution in [0, 0.1) is 11.8 Å². The molecule has 1 saturated heterocycles. The minimum absolute atomic E-state index is 0.0138. The van der Waals surface area contributed by atoms with Gasteiger partial charge in [0, 0.05) is 46.9 Å². The zero-order chi connectivity index (χ0) is 20.5. The zero-order valence-corrected chi connectivity index (χ0v) is 16.8. The van der Waals surface area contributed by atoms with Gasteiger partial charge in [0.1, 0.15) is 6.54 Å². The quantitative estimate of drug-likeness (QED) is 0.616. The molecule has 0 radical (unpaired) electrons. The first kappa shape index (κ1) is 19.0. The van der Waals surface area contributed by atoms with E-state index in [-0.39, 0.29) is 36.1 Å². The van der Waals surface area contributed by atoms with Crippen molar-refractivity contribution in [2.75, 3.05) is 13.2 Å². The van der Waals surface area contributed by atoms with Crippen molar-refractivity contribution in [2.24, 2.45) is 11.8 Å². The number of pyridine rings is 1. The lowest BCUT2D eigenvalue weighted by atomic mass is 9.95. The van der Waals surface area contributed by atoms with Crippen molar-refractivity contribution in [1.82, 2.24) is 14.9 Å². The van der Waals surface area contributed by atoms with Crippen LogP contribution >= 0.6 is 0 Å². The maximum absolute atomic E-state index is 12.9. The molecule has 0 spiro atoms. The summed E-state index contributed by atoms with van der Waals surface area (Å²) in [5.41, 5.74) is 2.85. The molecular formula is C24H25N3O3. The summed E-state index contributed by atoms with van der Waals surface area (Å²) in [6.07, 6.45) is 8.22. The van der Waals surface area contributed by atoms with Gasteiger partial charge in [-0.1, -0.05) is 18.2 Å². The summed E-state index contributed by atoms with van der Waals surface area (Å²) < 4.78 is 7.55. The number of ketones is 1. The second-order valence-corrected chi connectivity index (χ2v) is 8.36. The molecule has 3 aromatic rings. The second-order valence-electron chi connectivity index (χ2n) is 8.36. The molecule has 2 atom stereocenters. The number of Topliss-reactive ketones (excluding diaryl/α,β-unsaturated/α-hetero) is 1. The van der Waals surface area contributed by atoms with Crippen LogP contribution in [0.5, 0.6) is 0 Å². The van der Waals surface area contributed by atoms with Crippen molar-refractivity contribution in [2.45, 2.75) is 31.8 Å². The molecule has 30 heavy (non-hydrogen) atoms. The highest BCUT2D eigenvalue weighted by Gasteiger charge is 2.33. The van der Waals surface area contributed by atoms with Crippen molar-refractivity contribution >= 4 is 22.6 Å². The van der Waals surface area contributed by atoms with E-state index in [1.807, 2.05) is 47.2 Å². The molecule has 6 heteroatoms. The predicted octanol–water partition coefficient (Wildman–Crippen LogP) is 3.00. The fourth-order valence-corrected chi connectivity index (χ4v) is 4.33. The number of hydrogen-bond acceptors (Lipinski definition) is 4. The molecule has 2 fully saturated rings. The number of hydrogen-bond donors (Lipinski definition) is 1. The number of carbonyl (C=O) groups excluding carboxylic acids is 2. The number of nitrogens with one attached hydrogen (secondary N) is 1. The topological polar surface area (TPSA) is 73.2 Å². The molecule has 154 valence electrons. The maximum atomic E-state index is 12.9. The Morgan fingerprint density at radius 1 is 1.10 bits per heavy atom. The first-order valence-electron chi connectivity index (χ1n) is 10.6. The van der Waals surface area contributed by atoms with E-state index in [4.69, 9.17) is 4.74 Å². The number of aromatic nitrogens is 2. The van der Waals surface area contributed by atoms with Gasteiger partial charge in [-0.2, -0.15) is 0 Å². The number of rotatable bonds is 7. The van der Waals surface area contributed by atoms with Crippen LogP contribution in [-0.2, 0) is 22.5 Å². The van der Waals surface area contributed by atoms with Gasteiger partial charge in [-0.05, 0) is 43.0 Å². The molecule has 1 saturated carbocycles. The van der Waals surface area contributed by atoms with Gasteiger partial charge >= 0.3 is 0 Å². The molecule has 1 amide bonds. The van der Waals surface area contributed by atoms with E-state index in [1.54, 1.807) is 12.4 Å². The summed E-state index contributed by atoms with van der Waals surface area (Å²) >= 11 is 0. The van der Waals surface area contributed by atoms with Crippen molar-refractivity contribution in [3.05, 3.63) is 66.1 Å². The molecule has 1 N–H and O–H groups in total. The lowest BCUT2D eigenvalue weighted by Crippen LogP contribution is -2.42. The van der Waals surface area contributed by atoms with Gasteiger partial charge in [-0.3, -0.25) is 14.6 Å². The average Bonchev–Trinajstić information content (AvgIpc) is 3.44. The number of fused-ring (bicyclic) bond motifs is 1. The first-order valence-corrected chi connectivity index (χ1v) is 10.6. The number of ether oxygens (including phenoxy) is 1. The SMILES string of the molecule is O=C(Cn1cc(C(=O)C2CC2)c2ccccc21)N[C@@H]1COC[C@H]1Cc1ccncc1. The van der Waals surface area contributed by atoms with Crippen LogP contribution in [0.25, 0.3) is 10.9 Å². The molecule has 1 aliphatic heterocycles. The second kappa shape index (κ2) is 8.03. The first-order chi connectivity index (χ1) is 14.7. The van der Waals surface area contributed by atoms with Gasteiger partial charge in [-0.25, -0.2) is 0 Å². The third kappa shape index (κ3) is 3.87. The van der Waals surface area contributed by atoms with Crippen molar-refractivity contribution in [3.63, 3.8) is 0 Å². The van der Waals surface area contributed by atoms with Crippen LogP contribution in [0.4, 0.5) is 0 Å². The summed E-state index contributed by atoms with van der Waals surface area (Å²) in [5, 5.41) is 4.08. The summed E-state index contributed by atoms with van der Waals surface area (Å²) in [4.78, 5) is 29.6. The van der Waals surface area contributed by atoms with Crippen molar-refractivity contribution in [3.8, 4) is 0 Å². The Hall–Kier alpha value is -2.99. The minimum Gasteiger partial charge on any atom is -0.379 e. The summed E-state index contributed by atoms with van der Waals surface area (Å²) in [6.45, 7) is 1.36. The van der Waals surface area contributed by atoms with Crippen LogP contribution in [0.2, 0.25) is 0 Å². The molecule has 2 aromatic heterocycles. The predicted molar refractivity (Wildman–Crippen MR) is 113 cm³/mol. The van der Waals surface area contributed by atoms with Gasteiger partial charge in [0.15, 0.2) is 5.78 Å². The van der Waals surface area contributed by atoms with Gasteiger partial charge < -0.3 is 14.6 Å². The average molecular weight is 403 g/mol. The smallest absolute Gasteiger partial charge is 0.240 e. The van der Waals surface area contributed by atoms with E-state index in [0.717, 1.165) is 35.7 Å². The maximum Gasteiger partial charge on any atom is 0.240 e. The van der Waals surface area contributed by atoms with Crippen LogP contribution < -0.4 is 5.32 Å². The molecule has 0 bridgehead atoms. The third-order valence-electron chi connectivity index (χ3n) is 6.11. The molecule has 5 rings (SSSR count). The molecule has 1 aliphatic carbocycles. The summed E-state index contributed by atoms with van der Waals surface area (Å²) in [7, 11) is 0. The van der Waals surface area contributed by atoms with Gasteiger partial charge in [0.25, 0.3) is 0 Å². The summed E-state index contributed by atoms with van der Waals surface area (Å²) in [5.74, 6) is 0.538. The highest BCUT2D eigenvalue weighted by Crippen LogP contribution is 2.35. The Balaban J connectivity index is 1.29. The zero-order valence-electron chi connectivity index (χ0n) is 16.8. The monoisotopic (exact) mass is 403 g/mol. The van der Waals surface area contributed by atoms with Crippen LogP contribution in [0.3, 0.4) is 0 Å². The number of carbonyl (C=O) groups is 2.